The summed E-state index contributed by atoms with van der Waals surface area (Å²) >= 11 is 0. The second-order valence-corrected chi connectivity index (χ2v) is 7.62. The Labute approximate surface area is 155 Å². The number of ether oxygens (including phenoxy) is 1. The molecule has 0 spiro atoms. The van der Waals surface area contributed by atoms with Crippen LogP contribution in [0.4, 0.5) is 0 Å². The van der Waals surface area contributed by atoms with Gasteiger partial charge in [0.2, 0.25) is 5.91 Å². The number of likely N-dealkylation sites (tertiary alicyclic amines) is 1. The van der Waals surface area contributed by atoms with Crippen LogP contribution in [-0.4, -0.2) is 54.4 Å². The van der Waals surface area contributed by atoms with Crippen LogP contribution in [0.3, 0.4) is 0 Å². The quantitative estimate of drug-likeness (QED) is 0.740. The molecule has 26 heavy (non-hydrogen) atoms. The molecular formula is C20H32N2O4. The van der Waals surface area contributed by atoms with Gasteiger partial charge >= 0.3 is 0 Å². The molecule has 1 aromatic rings. The molecule has 0 bridgehead atoms. The highest BCUT2D eigenvalue weighted by atomic mass is 16.5. The molecule has 6 nitrogen and oxygen atoms in total. The van der Waals surface area contributed by atoms with Crippen molar-refractivity contribution in [3.8, 4) is 0 Å². The first-order valence-corrected chi connectivity index (χ1v) is 10.0. The number of aliphatic hydroxyl groups is 1. The van der Waals surface area contributed by atoms with Gasteiger partial charge in [-0.3, -0.25) is 9.69 Å². The molecule has 1 amide bonds. The van der Waals surface area contributed by atoms with Gasteiger partial charge in [0, 0.05) is 12.5 Å². The standard InChI is InChI=1S/C20H32N2O4/c23-17(15-26-18-5-2-1-3-6-18)13-21-20(24)16-8-10-22(11-9-16)14-19-7-4-12-25-19/h4,7,12,16-18,23H,1-3,5-6,8-11,13-15H2,(H,21,24)/t17-/m0/s1. The van der Waals surface area contributed by atoms with E-state index in [2.05, 4.69) is 10.2 Å². The second kappa shape index (κ2) is 10.1. The van der Waals surface area contributed by atoms with Gasteiger partial charge in [-0.05, 0) is 50.9 Å². The topological polar surface area (TPSA) is 74.9 Å². The van der Waals surface area contributed by atoms with E-state index in [-0.39, 0.29) is 24.5 Å². The van der Waals surface area contributed by atoms with Crippen molar-refractivity contribution in [2.45, 2.75) is 63.7 Å². The molecule has 0 unspecified atom stereocenters. The summed E-state index contributed by atoms with van der Waals surface area (Å²) in [4.78, 5) is 14.6. The summed E-state index contributed by atoms with van der Waals surface area (Å²) < 4.78 is 11.2. The van der Waals surface area contributed by atoms with E-state index in [1.165, 1.54) is 19.3 Å². The van der Waals surface area contributed by atoms with Crippen LogP contribution in [0.2, 0.25) is 0 Å². The molecule has 3 rings (SSSR count). The number of piperidine rings is 1. The molecule has 0 aromatic carbocycles. The highest BCUT2D eigenvalue weighted by Gasteiger charge is 2.25. The lowest BCUT2D eigenvalue weighted by Gasteiger charge is -2.30. The van der Waals surface area contributed by atoms with Gasteiger partial charge in [-0.1, -0.05) is 19.3 Å². The van der Waals surface area contributed by atoms with E-state index in [0.717, 1.165) is 51.1 Å². The first kappa shape index (κ1) is 19.4. The van der Waals surface area contributed by atoms with Gasteiger partial charge in [0.15, 0.2) is 0 Å². The molecule has 2 heterocycles. The average Bonchev–Trinajstić information content (AvgIpc) is 3.19. The van der Waals surface area contributed by atoms with Crippen molar-refractivity contribution in [2.75, 3.05) is 26.2 Å². The van der Waals surface area contributed by atoms with Crippen molar-refractivity contribution in [3.05, 3.63) is 24.2 Å². The minimum atomic E-state index is -0.625. The highest BCUT2D eigenvalue weighted by molar-refractivity contribution is 5.78. The number of nitrogens with zero attached hydrogens (tertiary/aromatic N) is 1. The fourth-order valence-electron chi connectivity index (χ4n) is 3.88. The first-order valence-electron chi connectivity index (χ1n) is 10.0. The Morgan fingerprint density at radius 3 is 2.73 bits per heavy atom. The predicted molar refractivity (Wildman–Crippen MR) is 98.6 cm³/mol. The molecule has 1 saturated heterocycles. The number of amides is 1. The van der Waals surface area contributed by atoms with Crippen molar-refractivity contribution >= 4 is 5.91 Å². The van der Waals surface area contributed by atoms with E-state index in [1.54, 1.807) is 6.26 Å². The number of carbonyl (C=O) groups is 1. The van der Waals surface area contributed by atoms with Crippen molar-refractivity contribution < 1.29 is 19.1 Å². The number of rotatable bonds is 8. The zero-order valence-corrected chi connectivity index (χ0v) is 15.6. The lowest BCUT2D eigenvalue weighted by atomic mass is 9.96. The molecule has 2 aliphatic rings. The molecule has 1 atom stereocenters. The average molecular weight is 364 g/mol. The Balaban J connectivity index is 1.28. The maximum absolute atomic E-state index is 12.3. The zero-order valence-electron chi connectivity index (χ0n) is 15.6. The van der Waals surface area contributed by atoms with Crippen LogP contribution < -0.4 is 5.32 Å². The number of carbonyl (C=O) groups excluding carboxylic acids is 1. The number of hydrogen-bond donors (Lipinski definition) is 2. The van der Waals surface area contributed by atoms with E-state index >= 15 is 0 Å². The van der Waals surface area contributed by atoms with E-state index < -0.39 is 6.10 Å². The van der Waals surface area contributed by atoms with Gasteiger partial charge in [-0.2, -0.15) is 0 Å². The minimum Gasteiger partial charge on any atom is -0.468 e. The Morgan fingerprint density at radius 1 is 1.27 bits per heavy atom. The summed E-state index contributed by atoms with van der Waals surface area (Å²) in [5.74, 6) is 1.06. The van der Waals surface area contributed by atoms with Crippen LogP contribution in [0.1, 0.15) is 50.7 Å². The molecule has 1 aromatic heterocycles. The normalized spacial score (nSPS) is 21.6. The van der Waals surface area contributed by atoms with E-state index in [0.29, 0.717) is 6.61 Å². The summed E-state index contributed by atoms with van der Waals surface area (Å²) in [6.45, 7) is 3.18. The zero-order chi connectivity index (χ0) is 18.2. The third kappa shape index (κ3) is 6.11. The van der Waals surface area contributed by atoms with Crippen LogP contribution in [0, 0.1) is 5.92 Å². The maximum atomic E-state index is 12.3. The van der Waals surface area contributed by atoms with Crippen LogP contribution in [-0.2, 0) is 16.1 Å². The Morgan fingerprint density at radius 2 is 2.04 bits per heavy atom. The molecule has 2 fully saturated rings. The fraction of sp³-hybridized carbons (Fsp3) is 0.750. The molecule has 6 heteroatoms. The SMILES string of the molecule is O=C(NC[C@H](O)COC1CCCCC1)C1CCN(Cc2ccco2)CC1. The van der Waals surface area contributed by atoms with Crippen molar-refractivity contribution in [1.82, 2.24) is 10.2 Å². The summed E-state index contributed by atoms with van der Waals surface area (Å²) in [6, 6.07) is 3.88. The van der Waals surface area contributed by atoms with E-state index in [4.69, 9.17) is 9.15 Å². The largest absolute Gasteiger partial charge is 0.468 e. The second-order valence-electron chi connectivity index (χ2n) is 7.62. The summed E-state index contributed by atoms with van der Waals surface area (Å²) in [5.41, 5.74) is 0. The minimum absolute atomic E-state index is 0.0364. The smallest absolute Gasteiger partial charge is 0.223 e. The van der Waals surface area contributed by atoms with Gasteiger partial charge in [0.25, 0.3) is 0 Å². The van der Waals surface area contributed by atoms with Crippen molar-refractivity contribution in [2.24, 2.45) is 5.92 Å². The lowest BCUT2D eigenvalue weighted by molar-refractivity contribution is -0.127. The van der Waals surface area contributed by atoms with Crippen LogP contribution in [0.5, 0.6) is 0 Å². The van der Waals surface area contributed by atoms with Gasteiger partial charge < -0.3 is 19.6 Å². The van der Waals surface area contributed by atoms with Gasteiger partial charge in [-0.25, -0.2) is 0 Å². The Bertz CT molecular complexity index is 520. The van der Waals surface area contributed by atoms with Crippen LogP contribution >= 0.6 is 0 Å². The Kier molecular flexibility index (Phi) is 7.53. The van der Waals surface area contributed by atoms with E-state index in [1.807, 2.05) is 12.1 Å². The van der Waals surface area contributed by atoms with Gasteiger partial charge in [-0.15, -0.1) is 0 Å². The third-order valence-corrected chi connectivity index (χ3v) is 5.51. The third-order valence-electron chi connectivity index (χ3n) is 5.51. The van der Waals surface area contributed by atoms with E-state index in [9.17, 15) is 9.90 Å². The number of aliphatic hydroxyl groups excluding tert-OH is 1. The van der Waals surface area contributed by atoms with Gasteiger partial charge in [0.1, 0.15) is 5.76 Å². The van der Waals surface area contributed by atoms with Crippen LogP contribution in [0.15, 0.2) is 22.8 Å². The summed E-state index contributed by atoms with van der Waals surface area (Å²) in [6.07, 6.45) is 8.96. The molecule has 146 valence electrons. The van der Waals surface area contributed by atoms with Crippen molar-refractivity contribution in [3.63, 3.8) is 0 Å². The van der Waals surface area contributed by atoms with Gasteiger partial charge in [0.05, 0.1) is 31.6 Å². The number of furan rings is 1. The summed E-state index contributed by atoms with van der Waals surface area (Å²) in [5, 5.41) is 12.9. The number of nitrogens with one attached hydrogen (secondary N) is 1. The Hall–Kier alpha value is -1.37. The molecule has 1 saturated carbocycles. The molecule has 1 aliphatic heterocycles. The monoisotopic (exact) mass is 364 g/mol. The number of hydrogen-bond acceptors (Lipinski definition) is 5. The lowest BCUT2D eigenvalue weighted by Crippen LogP contribution is -2.43. The molecular weight excluding hydrogens is 332 g/mol. The molecule has 0 radical (unpaired) electrons. The van der Waals surface area contributed by atoms with Crippen molar-refractivity contribution in [1.29, 1.82) is 0 Å². The highest BCUT2D eigenvalue weighted by Crippen LogP contribution is 2.21. The van der Waals surface area contributed by atoms with Crippen LogP contribution in [0.25, 0.3) is 0 Å². The maximum Gasteiger partial charge on any atom is 0.223 e. The first-order chi connectivity index (χ1) is 12.7. The summed E-state index contributed by atoms with van der Waals surface area (Å²) in [7, 11) is 0. The fourth-order valence-corrected chi connectivity index (χ4v) is 3.88. The molecule has 1 aliphatic carbocycles. The predicted octanol–water partition coefficient (Wildman–Crippen LogP) is 2.32. The molecule has 2 N–H and O–H groups in total.